The fourth-order valence-electron chi connectivity index (χ4n) is 2.93. The molecule has 2 heterocycles. The summed E-state index contributed by atoms with van der Waals surface area (Å²) in [4.78, 5) is 6.88. The van der Waals surface area contributed by atoms with Gasteiger partial charge in [0.05, 0.1) is 11.0 Å². The summed E-state index contributed by atoms with van der Waals surface area (Å²) >= 11 is 0. The van der Waals surface area contributed by atoms with Crippen molar-refractivity contribution in [1.82, 2.24) is 14.5 Å². The number of hydrogen-bond donors (Lipinski definition) is 1. The number of rotatable bonds is 2. The van der Waals surface area contributed by atoms with E-state index in [2.05, 4.69) is 46.6 Å². The minimum Gasteiger partial charge on any atom is -0.369 e. The smallest absolute Gasteiger partial charge is 0.201 e. The molecular formula is C14H20N4. The first-order valence-corrected chi connectivity index (χ1v) is 6.55. The molecule has 0 aliphatic carbocycles. The van der Waals surface area contributed by atoms with Gasteiger partial charge in [-0.05, 0) is 44.5 Å². The number of aryl methyl sites for hydroxylation is 1. The summed E-state index contributed by atoms with van der Waals surface area (Å²) < 4.78 is 2.17. The topological polar surface area (TPSA) is 47.1 Å². The van der Waals surface area contributed by atoms with E-state index < -0.39 is 0 Å². The van der Waals surface area contributed by atoms with Gasteiger partial charge >= 0.3 is 0 Å². The van der Waals surface area contributed by atoms with E-state index in [0.29, 0.717) is 11.9 Å². The van der Waals surface area contributed by atoms with Crippen LogP contribution in [0.5, 0.6) is 0 Å². The highest BCUT2D eigenvalue weighted by Crippen LogP contribution is 2.24. The molecule has 1 unspecified atom stereocenters. The van der Waals surface area contributed by atoms with Crippen LogP contribution in [0.3, 0.4) is 0 Å². The zero-order chi connectivity index (χ0) is 12.7. The van der Waals surface area contributed by atoms with Crippen LogP contribution in [0.1, 0.15) is 12.0 Å². The van der Waals surface area contributed by atoms with Gasteiger partial charge in [0.1, 0.15) is 0 Å². The largest absolute Gasteiger partial charge is 0.369 e. The molecule has 4 nitrogen and oxygen atoms in total. The number of aromatic nitrogens is 2. The SMILES string of the molecule is Cc1cccc2c1nc(N)n2CC1CCN(C)C1. The van der Waals surface area contributed by atoms with Gasteiger partial charge in [0.2, 0.25) is 5.95 Å². The molecule has 1 fully saturated rings. The van der Waals surface area contributed by atoms with E-state index in [1.165, 1.54) is 24.0 Å². The molecule has 0 saturated carbocycles. The molecule has 1 saturated heterocycles. The lowest BCUT2D eigenvalue weighted by atomic mass is 10.1. The van der Waals surface area contributed by atoms with Gasteiger partial charge in [-0.1, -0.05) is 12.1 Å². The Labute approximate surface area is 107 Å². The number of benzene rings is 1. The Hall–Kier alpha value is -1.55. The highest BCUT2D eigenvalue weighted by atomic mass is 15.2. The van der Waals surface area contributed by atoms with E-state index in [0.717, 1.165) is 18.6 Å². The number of anilines is 1. The predicted molar refractivity (Wildman–Crippen MR) is 74.5 cm³/mol. The fourth-order valence-corrected chi connectivity index (χ4v) is 2.93. The summed E-state index contributed by atoms with van der Waals surface area (Å²) in [5.74, 6) is 1.34. The molecule has 0 spiro atoms. The summed E-state index contributed by atoms with van der Waals surface area (Å²) in [5, 5.41) is 0. The quantitative estimate of drug-likeness (QED) is 0.877. The molecule has 2 N–H and O–H groups in total. The maximum absolute atomic E-state index is 6.07. The molecule has 18 heavy (non-hydrogen) atoms. The van der Waals surface area contributed by atoms with Crippen LogP contribution < -0.4 is 5.73 Å². The van der Waals surface area contributed by atoms with Gasteiger partial charge in [-0.25, -0.2) is 4.98 Å². The number of nitrogens with two attached hydrogens (primary N) is 1. The molecule has 3 rings (SSSR count). The van der Waals surface area contributed by atoms with Crippen molar-refractivity contribution in [3.63, 3.8) is 0 Å². The fraction of sp³-hybridized carbons (Fsp3) is 0.500. The number of likely N-dealkylation sites (tertiary alicyclic amines) is 1. The summed E-state index contributed by atoms with van der Waals surface area (Å²) in [6.07, 6.45) is 1.25. The van der Waals surface area contributed by atoms with Crippen LogP contribution in [-0.4, -0.2) is 34.6 Å². The van der Waals surface area contributed by atoms with Crippen LogP contribution in [0, 0.1) is 12.8 Å². The van der Waals surface area contributed by atoms with E-state index in [9.17, 15) is 0 Å². The second-order valence-corrected chi connectivity index (χ2v) is 5.44. The van der Waals surface area contributed by atoms with Crippen molar-refractivity contribution in [3.8, 4) is 0 Å². The van der Waals surface area contributed by atoms with Crippen LogP contribution in [0.2, 0.25) is 0 Å². The van der Waals surface area contributed by atoms with Gasteiger partial charge in [0, 0.05) is 13.1 Å². The van der Waals surface area contributed by atoms with Crippen molar-refractivity contribution in [2.75, 3.05) is 25.9 Å². The van der Waals surface area contributed by atoms with E-state index in [4.69, 9.17) is 5.73 Å². The van der Waals surface area contributed by atoms with Crippen LogP contribution in [0.25, 0.3) is 11.0 Å². The number of fused-ring (bicyclic) bond motifs is 1. The van der Waals surface area contributed by atoms with Crippen molar-refractivity contribution in [2.45, 2.75) is 19.9 Å². The summed E-state index contributed by atoms with van der Waals surface area (Å²) in [6.45, 7) is 5.42. The van der Waals surface area contributed by atoms with E-state index >= 15 is 0 Å². The molecular weight excluding hydrogens is 224 g/mol. The monoisotopic (exact) mass is 244 g/mol. The number of nitrogens with zero attached hydrogens (tertiary/aromatic N) is 3. The lowest BCUT2D eigenvalue weighted by molar-refractivity contribution is 0.380. The first kappa shape index (κ1) is 11.5. The Balaban J connectivity index is 1.96. The second-order valence-electron chi connectivity index (χ2n) is 5.44. The Kier molecular flexibility index (Phi) is 2.74. The third kappa shape index (κ3) is 1.86. The number of hydrogen-bond acceptors (Lipinski definition) is 3. The first-order chi connectivity index (χ1) is 8.65. The Morgan fingerprint density at radius 3 is 3.00 bits per heavy atom. The first-order valence-electron chi connectivity index (χ1n) is 6.55. The maximum atomic E-state index is 6.07. The number of imidazole rings is 1. The van der Waals surface area contributed by atoms with E-state index in [1.807, 2.05) is 0 Å². The van der Waals surface area contributed by atoms with Crippen LogP contribution in [-0.2, 0) is 6.54 Å². The zero-order valence-electron chi connectivity index (χ0n) is 11.1. The molecule has 0 amide bonds. The van der Waals surface area contributed by atoms with Gasteiger partial charge in [-0.15, -0.1) is 0 Å². The minimum atomic E-state index is 0.647. The molecule has 0 radical (unpaired) electrons. The maximum Gasteiger partial charge on any atom is 0.201 e. The zero-order valence-corrected chi connectivity index (χ0v) is 11.1. The van der Waals surface area contributed by atoms with Crippen LogP contribution in [0.15, 0.2) is 18.2 Å². The van der Waals surface area contributed by atoms with Gasteiger partial charge in [-0.3, -0.25) is 0 Å². The molecule has 1 aliphatic heterocycles. The molecule has 0 bridgehead atoms. The number of nitrogen functional groups attached to an aromatic ring is 1. The van der Waals surface area contributed by atoms with Gasteiger partial charge < -0.3 is 15.2 Å². The number of para-hydroxylation sites is 1. The average Bonchev–Trinajstić information content (AvgIpc) is 2.87. The Morgan fingerprint density at radius 1 is 1.44 bits per heavy atom. The summed E-state index contributed by atoms with van der Waals surface area (Å²) in [5.41, 5.74) is 9.48. The molecule has 1 aromatic carbocycles. The summed E-state index contributed by atoms with van der Waals surface area (Å²) in [7, 11) is 2.18. The molecule has 1 aliphatic rings. The lowest BCUT2D eigenvalue weighted by Gasteiger charge is -2.13. The van der Waals surface area contributed by atoms with Crippen LogP contribution >= 0.6 is 0 Å². The van der Waals surface area contributed by atoms with Crippen LogP contribution in [0.4, 0.5) is 5.95 Å². The van der Waals surface area contributed by atoms with Gasteiger partial charge in [0.25, 0.3) is 0 Å². The minimum absolute atomic E-state index is 0.647. The highest BCUT2D eigenvalue weighted by Gasteiger charge is 2.21. The van der Waals surface area contributed by atoms with Crippen molar-refractivity contribution in [2.24, 2.45) is 5.92 Å². The van der Waals surface area contributed by atoms with Crippen molar-refractivity contribution in [3.05, 3.63) is 23.8 Å². The predicted octanol–water partition coefficient (Wildman–Crippen LogP) is 1.88. The van der Waals surface area contributed by atoms with Gasteiger partial charge in [-0.2, -0.15) is 0 Å². The van der Waals surface area contributed by atoms with E-state index in [-0.39, 0.29) is 0 Å². The second kappa shape index (κ2) is 4.28. The Bertz CT molecular complexity index is 572. The molecule has 96 valence electrons. The third-order valence-electron chi connectivity index (χ3n) is 3.94. The average molecular weight is 244 g/mol. The molecule has 1 atom stereocenters. The highest BCUT2D eigenvalue weighted by molar-refractivity contribution is 5.81. The van der Waals surface area contributed by atoms with Crippen molar-refractivity contribution < 1.29 is 0 Å². The molecule has 4 heteroatoms. The summed E-state index contributed by atoms with van der Waals surface area (Å²) in [6, 6.07) is 6.28. The molecule has 1 aromatic heterocycles. The van der Waals surface area contributed by atoms with Gasteiger partial charge in [0.15, 0.2) is 0 Å². The van der Waals surface area contributed by atoms with E-state index in [1.54, 1.807) is 0 Å². The normalized spacial score (nSPS) is 20.9. The third-order valence-corrected chi connectivity index (χ3v) is 3.94. The lowest BCUT2D eigenvalue weighted by Crippen LogP contribution is -2.17. The standard InChI is InChI=1S/C14H20N4/c1-10-4-3-5-12-13(10)16-14(15)18(12)9-11-6-7-17(2)8-11/h3-5,11H,6-9H2,1-2H3,(H2,15,16). The van der Waals surface area contributed by atoms with Crippen molar-refractivity contribution in [1.29, 1.82) is 0 Å². The molecule has 2 aromatic rings. The van der Waals surface area contributed by atoms with Crippen molar-refractivity contribution >= 4 is 17.0 Å². The Morgan fingerprint density at radius 2 is 2.28 bits per heavy atom.